The molecule has 0 atom stereocenters. The van der Waals surface area contributed by atoms with Gasteiger partial charge in [-0.15, -0.1) is 0 Å². The zero-order valence-electron chi connectivity index (χ0n) is 2.36. The molecule has 25 valence electrons. The van der Waals surface area contributed by atoms with Gasteiger partial charge >= 0.3 is 0 Å². The summed E-state index contributed by atoms with van der Waals surface area (Å²) < 4.78 is 0. The molecule has 0 saturated heterocycles. The molecule has 7 radical (unpaired) electrons. The van der Waals surface area contributed by atoms with Crippen LogP contribution in [-0.4, -0.2) is 20.9 Å². The van der Waals surface area contributed by atoms with Crippen molar-refractivity contribution in [1.29, 1.82) is 0 Å². The first-order chi connectivity index (χ1) is 1.73. The smallest absolute Gasteiger partial charge is 0.262 e. The van der Waals surface area contributed by atoms with Crippen LogP contribution in [0.2, 0.25) is 0 Å². The summed E-state index contributed by atoms with van der Waals surface area (Å²) in [7, 11) is 2.23. The highest BCUT2D eigenvalue weighted by Crippen LogP contribution is 1.41. The van der Waals surface area contributed by atoms with Crippen molar-refractivity contribution in [1.82, 2.24) is 0 Å². The Balaban J connectivity index is 0. The van der Waals surface area contributed by atoms with Crippen LogP contribution in [0.3, 0.4) is 0 Å². The van der Waals surface area contributed by atoms with Crippen molar-refractivity contribution < 1.29 is 9.90 Å². The summed E-state index contributed by atoms with van der Waals surface area (Å²) >= 11 is 0. The van der Waals surface area contributed by atoms with Crippen LogP contribution in [0.4, 0.5) is 4.79 Å². The maximum absolute atomic E-state index is 8.91. The Labute approximate surface area is 34.2 Å². The van der Waals surface area contributed by atoms with Gasteiger partial charge in [0.2, 0.25) is 0 Å². The molecule has 1 N–H and O–H groups in total. The summed E-state index contributed by atoms with van der Waals surface area (Å²) in [6.45, 7) is 0. The fourth-order valence-corrected chi connectivity index (χ4v) is 0. The van der Waals surface area contributed by atoms with E-state index in [1.807, 2.05) is 0 Å². The number of carboxylic acid groups (broad SMARTS) is 1. The Morgan fingerprint density at radius 3 is 1.80 bits per heavy atom. The van der Waals surface area contributed by atoms with Crippen molar-refractivity contribution in [2.45, 2.75) is 0 Å². The van der Waals surface area contributed by atoms with E-state index >= 15 is 0 Å². The molecule has 0 aromatic rings. The van der Waals surface area contributed by atoms with Crippen molar-refractivity contribution >= 4 is 15.8 Å². The summed E-state index contributed by atoms with van der Waals surface area (Å²) in [6, 6.07) is 0. The third-order valence-corrected chi connectivity index (χ3v) is 0. The SMILES string of the molecule is O=C(O)[Si].[C]. The average Bonchev–Trinajstić information content (AvgIpc) is 0.811. The van der Waals surface area contributed by atoms with Gasteiger partial charge in [0.15, 0.2) is 10.2 Å². The third-order valence-electron chi connectivity index (χ3n) is 0. The molecule has 0 spiro atoms. The molecule has 0 aliphatic heterocycles. The molecule has 0 amide bonds. The van der Waals surface area contributed by atoms with Gasteiger partial charge in [0.1, 0.15) is 0 Å². The molecular weight excluding hydrogens is 84.1 g/mol. The van der Waals surface area contributed by atoms with Gasteiger partial charge in [0.05, 0.1) is 0 Å². The highest BCUT2D eigenvalue weighted by Gasteiger charge is 1.67. The molecule has 0 bridgehead atoms. The topological polar surface area (TPSA) is 37.3 Å². The minimum atomic E-state index is -1.03. The van der Waals surface area contributed by atoms with E-state index in [2.05, 4.69) is 10.2 Å². The van der Waals surface area contributed by atoms with Gasteiger partial charge in [-0.05, 0) is 0 Å². The first-order valence-electron chi connectivity index (χ1n) is 0.678. The zero-order valence-corrected chi connectivity index (χ0v) is 3.36. The first-order valence-corrected chi connectivity index (χ1v) is 1.18. The van der Waals surface area contributed by atoms with Crippen molar-refractivity contribution in [2.75, 3.05) is 0 Å². The second-order valence-corrected chi connectivity index (χ2v) is 0.733. The largest absolute Gasteiger partial charge is 0.486 e. The molecule has 0 fully saturated rings. The predicted molar refractivity (Wildman–Crippen MR) is 17.0 cm³/mol. The lowest BCUT2D eigenvalue weighted by molar-refractivity contribution is 0.220. The van der Waals surface area contributed by atoms with E-state index in [-0.39, 0.29) is 7.43 Å². The van der Waals surface area contributed by atoms with Gasteiger partial charge in [-0.3, -0.25) is 4.79 Å². The molecule has 2 nitrogen and oxygen atoms in total. The van der Waals surface area contributed by atoms with E-state index in [1.54, 1.807) is 0 Å². The van der Waals surface area contributed by atoms with Crippen LogP contribution < -0.4 is 0 Å². The Hall–Kier alpha value is -0.313. The molecule has 0 aromatic heterocycles. The van der Waals surface area contributed by atoms with Gasteiger partial charge < -0.3 is 5.11 Å². The quantitative estimate of drug-likeness (QED) is 0.417. The first kappa shape index (κ1) is 8.82. The van der Waals surface area contributed by atoms with Gasteiger partial charge in [-0.2, -0.15) is 0 Å². The molecular formula is C2HO2Si. The van der Waals surface area contributed by atoms with E-state index in [4.69, 9.17) is 9.90 Å². The van der Waals surface area contributed by atoms with Crippen LogP contribution >= 0.6 is 0 Å². The van der Waals surface area contributed by atoms with Crippen LogP contribution in [-0.2, 0) is 0 Å². The monoisotopic (exact) mass is 85.0 g/mol. The maximum atomic E-state index is 8.91. The maximum Gasteiger partial charge on any atom is 0.262 e. The molecule has 5 heavy (non-hydrogen) atoms. The summed E-state index contributed by atoms with van der Waals surface area (Å²) in [4.78, 5) is 8.91. The van der Waals surface area contributed by atoms with Crippen LogP contribution in [0.15, 0.2) is 0 Å². The summed E-state index contributed by atoms with van der Waals surface area (Å²) in [5.41, 5.74) is -1.03. The second-order valence-electron chi connectivity index (χ2n) is 0.305. The zero-order chi connectivity index (χ0) is 3.58. The van der Waals surface area contributed by atoms with Crippen LogP contribution in [0.5, 0.6) is 0 Å². The average molecular weight is 85.1 g/mol. The molecule has 0 saturated carbocycles. The molecule has 0 aliphatic rings. The van der Waals surface area contributed by atoms with Gasteiger partial charge in [0, 0.05) is 7.43 Å². The predicted octanol–water partition coefficient (Wildman–Crippen LogP) is -0.0858. The Morgan fingerprint density at radius 2 is 1.80 bits per heavy atom. The van der Waals surface area contributed by atoms with Gasteiger partial charge in [0.25, 0.3) is 5.59 Å². The fourth-order valence-electron chi connectivity index (χ4n) is 0. The molecule has 0 aliphatic carbocycles. The van der Waals surface area contributed by atoms with Gasteiger partial charge in [-0.1, -0.05) is 0 Å². The highest BCUT2D eigenvalue weighted by molar-refractivity contribution is 6.54. The minimum Gasteiger partial charge on any atom is -0.486 e. The lowest BCUT2D eigenvalue weighted by atomic mass is 11.6. The highest BCUT2D eigenvalue weighted by atomic mass is 28.1. The van der Waals surface area contributed by atoms with E-state index in [1.165, 1.54) is 0 Å². The Morgan fingerprint density at radius 1 is 1.80 bits per heavy atom. The molecule has 3 heteroatoms. The van der Waals surface area contributed by atoms with Crippen LogP contribution in [0.25, 0.3) is 0 Å². The second kappa shape index (κ2) is 3.69. The van der Waals surface area contributed by atoms with E-state index in [0.717, 1.165) is 0 Å². The van der Waals surface area contributed by atoms with E-state index in [9.17, 15) is 0 Å². The molecule has 0 unspecified atom stereocenters. The number of hydrogen-bond acceptors (Lipinski definition) is 1. The van der Waals surface area contributed by atoms with Crippen LogP contribution in [0, 0.1) is 7.43 Å². The van der Waals surface area contributed by atoms with E-state index in [0.29, 0.717) is 0 Å². The van der Waals surface area contributed by atoms with Gasteiger partial charge in [-0.25, -0.2) is 0 Å². The van der Waals surface area contributed by atoms with Crippen molar-refractivity contribution in [3.63, 3.8) is 0 Å². The van der Waals surface area contributed by atoms with Crippen molar-refractivity contribution in [3.05, 3.63) is 7.43 Å². The number of rotatable bonds is 0. The molecule has 0 heterocycles. The Kier molecular flexibility index (Phi) is 6.51. The van der Waals surface area contributed by atoms with Crippen molar-refractivity contribution in [3.8, 4) is 0 Å². The molecule has 0 rings (SSSR count). The van der Waals surface area contributed by atoms with E-state index < -0.39 is 5.59 Å². The summed E-state index contributed by atoms with van der Waals surface area (Å²) in [5, 5.41) is 7.33. The lowest BCUT2D eigenvalue weighted by Gasteiger charge is -1.59. The normalized spacial score (nSPS) is 5.00. The minimum absolute atomic E-state index is 0. The third kappa shape index (κ3) is 107. The Bertz CT molecular complexity index is 30.6. The standard InChI is InChI=1S/CHO2Si.C/c2-1(3)4;/h(H,2,3);. The number of hydrogen-bond donors (Lipinski definition) is 1. The lowest BCUT2D eigenvalue weighted by Crippen LogP contribution is -1.83. The number of carbonyl (C=O) groups is 1. The fraction of sp³-hybridized carbons (Fsp3) is 0. The van der Waals surface area contributed by atoms with Crippen molar-refractivity contribution in [2.24, 2.45) is 0 Å². The summed E-state index contributed by atoms with van der Waals surface area (Å²) in [5.74, 6) is 0. The summed E-state index contributed by atoms with van der Waals surface area (Å²) in [6.07, 6.45) is 0. The van der Waals surface area contributed by atoms with Crippen LogP contribution in [0.1, 0.15) is 0 Å². The molecule has 0 aromatic carbocycles.